The van der Waals surface area contributed by atoms with Crippen LogP contribution in [0.1, 0.15) is 11.5 Å². The number of nitrogens with zero attached hydrogens (tertiary/aromatic N) is 1. The highest BCUT2D eigenvalue weighted by molar-refractivity contribution is 6.39. The number of rotatable bonds is 3. The number of hydrogen-bond donors (Lipinski definition) is 1. The van der Waals surface area contributed by atoms with Crippen LogP contribution in [-0.4, -0.2) is 37.9 Å². The van der Waals surface area contributed by atoms with Gasteiger partial charge in [-0.15, -0.1) is 0 Å². The third-order valence-electron chi connectivity index (χ3n) is 2.96. The fourth-order valence-corrected chi connectivity index (χ4v) is 2.04. The normalized spacial score (nSPS) is 21.3. The van der Waals surface area contributed by atoms with Crippen molar-refractivity contribution in [1.82, 2.24) is 5.43 Å². The third-order valence-corrected chi connectivity index (χ3v) is 2.96. The smallest absolute Gasteiger partial charge is 0.354 e. The molecule has 0 aromatic heterocycles. The standard InChI is InChI=1S/C13H14N2O4/c1-18-12(16)10-9(8-6-4-3-5-7-8)11(15-14-10)13(17)19-2/h3-7,9-10,14H,1-2H3/t9-,10-/m0/s1. The van der Waals surface area contributed by atoms with Crippen molar-refractivity contribution in [3.63, 3.8) is 0 Å². The molecule has 19 heavy (non-hydrogen) atoms. The van der Waals surface area contributed by atoms with Gasteiger partial charge in [-0.3, -0.25) is 5.43 Å². The second kappa shape index (κ2) is 5.51. The van der Waals surface area contributed by atoms with Crippen LogP contribution in [0.3, 0.4) is 0 Å². The van der Waals surface area contributed by atoms with E-state index in [0.29, 0.717) is 0 Å². The Balaban J connectivity index is 2.37. The van der Waals surface area contributed by atoms with Crippen LogP contribution in [-0.2, 0) is 19.1 Å². The molecule has 1 aromatic rings. The minimum absolute atomic E-state index is 0.170. The number of nitrogens with one attached hydrogen (secondary N) is 1. The van der Waals surface area contributed by atoms with Gasteiger partial charge >= 0.3 is 11.9 Å². The third kappa shape index (κ3) is 2.42. The van der Waals surface area contributed by atoms with Gasteiger partial charge in [0, 0.05) is 0 Å². The van der Waals surface area contributed by atoms with Crippen LogP contribution in [0.2, 0.25) is 0 Å². The van der Waals surface area contributed by atoms with Crippen molar-refractivity contribution < 1.29 is 19.1 Å². The van der Waals surface area contributed by atoms with Crippen molar-refractivity contribution in [3.05, 3.63) is 35.9 Å². The lowest BCUT2D eigenvalue weighted by Crippen LogP contribution is -2.38. The molecule has 1 N–H and O–H groups in total. The minimum atomic E-state index is -0.721. The zero-order chi connectivity index (χ0) is 13.8. The summed E-state index contributed by atoms with van der Waals surface area (Å²) in [4.78, 5) is 23.5. The molecular formula is C13H14N2O4. The molecule has 0 fully saturated rings. The molecular weight excluding hydrogens is 248 g/mol. The fraction of sp³-hybridized carbons (Fsp3) is 0.308. The Kier molecular flexibility index (Phi) is 3.79. The first-order chi connectivity index (χ1) is 9.19. The molecule has 2 rings (SSSR count). The predicted molar refractivity (Wildman–Crippen MR) is 67.6 cm³/mol. The minimum Gasteiger partial charge on any atom is -0.467 e. The van der Waals surface area contributed by atoms with Crippen molar-refractivity contribution in [1.29, 1.82) is 0 Å². The topological polar surface area (TPSA) is 77.0 Å². The van der Waals surface area contributed by atoms with Crippen LogP contribution >= 0.6 is 0 Å². The lowest BCUT2D eigenvalue weighted by Gasteiger charge is -2.18. The molecule has 100 valence electrons. The summed E-state index contributed by atoms with van der Waals surface area (Å²) in [5, 5.41) is 3.91. The molecule has 1 heterocycles. The Bertz CT molecular complexity index is 513. The van der Waals surface area contributed by atoms with E-state index in [1.54, 1.807) is 0 Å². The van der Waals surface area contributed by atoms with Gasteiger partial charge in [-0.25, -0.2) is 9.59 Å². The fourth-order valence-electron chi connectivity index (χ4n) is 2.04. The molecule has 0 amide bonds. The van der Waals surface area contributed by atoms with Crippen LogP contribution in [0.5, 0.6) is 0 Å². The average molecular weight is 262 g/mol. The van der Waals surface area contributed by atoms with Gasteiger partial charge in [0.05, 0.1) is 20.1 Å². The molecule has 2 atom stereocenters. The summed E-state index contributed by atoms with van der Waals surface area (Å²) in [5.74, 6) is -1.55. The molecule has 0 saturated heterocycles. The van der Waals surface area contributed by atoms with Crippen LogP contribution in [0, 0.1) is 0 Å². The van der Waals surface area contributed by atoms with Gasteiger partial charge in [0.15, 0.2) is 11.8 Å². The molecule has 0 bridgehead atoms. The van der Waals surface area contributed by atoms with Crippen LogP contribution in [0.4, 0.5) is 0 Å². The van der Waals surface area contributed by atoms with E-state index in [9.17, 15) is 9.59 Å². The Morgan fingerprint density at radius 1 is 1.16 bits per heavy atom. The number of carbonyl (C=O) groups excluding carboxylic acids is 2. The monoisotopic (exact) mass is 262 g/mol. The molecule has 6 heteroatoms. The SMILES string of the molecule is COC(=O)C1=NN[C@H](C(=O)OC)[C@@H]1c1ccccc1. The number of benzene rings is 1. The van der Waals surface area contributed by atoms with Gasteiger partial charge in [-0.1, -0.05) is 30.3 Å². The Morgan fingerprint density at radius 3 is 2.42 bits per heavy atom. The molecule has 0 aliphatic carbocycles. The van der Waals surface area contributed by atoms with E-state index in [2.05, 4.69) is 15.3 Å². The number of methoxy groups -OCH3 is 2. The number of esters is 2. The van der Waals surface area contributed by atoms with Gasteiger partial charge in [0.1, 0.15) is 0 Å². The first-order valence-corrected chi connectivity index (χ1v) is 5.73. The van der Waals surface area contributed by atoms with Crippen LogP contribution < -0.4 is 5.43 Å². The molecule has 0 unspecified atom stereocenters. The maximum absolute atomic E-state index is 11.7. The van der Waals surface area contributed by atoms with Gasteiger partial charge in [0.2, 0.25) is 0 Å². The lowest BCUT2D eigenvalue weighted by atomic mass is 9.88. The quantitative estimate of drug-likeness (QED) is 0.800. The van der Waals surface area contributed by atoms with E-state index < -0.39 is 23.9 Å². The second-order valence-electron chi connectivity index (χ2n) is 4.01. The summed E-state index contributed by atoms with van der Waals surface area (Å²) in [5.41, 5.74) is 3.60. The Hall–Kier alpha value is -2.37. The van der Waals surface area contributed by atoms with Crippen LogP contribution in [0.15, 0.2) is 35.4 Å². The molecule has 1 aromatic carbocycles. The molecule has 0 saturated carbocycles. The van der Waals surface area contributed by atoms with Crippen molar-refractivity contribution in [2.45, 2.75) is 12.0 Å². The van der Waals surface area contributed by atoms with E-state index in [1.807, 2.05) is 30.3 Å². The summed E-state index contributed by atoms with van der Waals surface area (Å²) in [6.45, 7) is 0. The summed E-state index contributed by atoms with van der Waals surface area (Å²) in [7, 11) is 2.57. The predicted octanol–water partition coefficient (Wildman–Crippen LogP) is 0.444. The Labute approximate surface area is 110 Å². The summed E-state index contributed by atoms with van der Waals surface area (Å²) >= 11 is 0. The first-order valence-electron chi connectivity index (χ1n) is 5.73. The van der Waals surface area contributed by atoms with Crippen molar-refractivity contribution in [2.24, 2.45) is 5.10 Å². The molecule has 1 aliphatic heterocycles. The van der Waals surface area contributed by atoms with Gasteiger partial charge in [-0.2, -0.15) is 5.10 Å². The number of ether oxygens (including phenoxy) is 2. The lowest BCUT2D eigenvalue weighted by molar-refractivity contribution is -0.143. The maximum Gasteiger partial charge on any atom is 0.354 e. The number of hydrazone groups is 1. The van der Waals surface area contributed by atoms with E-state index in [0.717, 1.165) is 5.56 Å². The largest absolute Gasteiger partial charge is 0.467 e. The van der Waals surface area contributed by atoms with Gasteiger partial charge in [0.25, 0.3) is 0 Å². The number of carbonyl (C=O) groups is 2. The second-order valence-corrected chi connectivity index (χ2v) is 4.01. The zero-order valence-electron chi connectivity index (χ0n) is 10.6. The van der Waals surface area contributed by atoms with Gasteiger partial charge < -0.3 is 9.47 Å². The highest BCUT2D eigenvalue weighted by atomic mass is 16.5. The Morgan fingerprint density at radius 2 is 1.84 bits per heavy atom. The number of hydrogen-bond acceptors (Lipinski definition) is 6. The molecule has 0 spiro atoms. The first kappa shape index (κ1) is 13.1. The highest BCUT2D eigenvalue weighted by Crippen LogP contribution is 2.27. The molecule has 1 aliphatic rings. The average Bonchev–Trinajstić information content (AvgIpc) is 2.91. The molecule has 6 nitrogen and oxygen atoms in total. The molecule has 0 radical (unpaired) electrons. The van der Waals surface area contributed by atoms with E-state index in [1.165, 1.54) is 14.2 Å². The highest BCUT2D eigenvalue weighted by Gasteiger charge is 2.42. The van der Waals surface area contributed by atoms with Crippen LogP contribution in [0.25, 0.3) is 0 Å². The maximum atomic E-state index is 11.7. The summed E-state index contributed by atoms with van der Waals surface area (Å²) in [6, 6.07) is 8.45. The van der Waals surface area contributed by atoms with Gasteiger partial charge in [-0.05, 0) is 5.56 Å². The summed E-state index contributed by atoms with van der Waals surface area (Å²) < 4.78 is 9.41. The van der Waals surface area contributed by atoms with Crippen molar-refractivity contribution in [3.8, 4) is 0 Å². The zero-order valence-corrected chi connectivity index (χ0v) is 10.6. The van der Waals surface area contributed by atoms with Crippen molar-refractivity contribution in [2.75, 3.05) is 14.2 Å². The van der Waals surface area contributed by atoms with E-state index in [-0.39, 0.29) is 5.71 Å². The van der Waals surface area contributed by atoms with E-state index >= 15 is 0 Å². The van der Waals surface area contributed by atoms with E-state index in [4.69, 9.17) is 4.74 Å². The van der Waals surface area contributed by atoms with Crippen molar-refractivity contribution >= 4 is 17.7 Å². The summed E-state index contributed by atoms with van der Waals surface area (Å²) in [6.07, 6.45) is 0.